The minimum absolute atomic E-state index is 0.228. The lowest BCUT2D eigenvalue weighted by molar-refractivity contribution is -0.120. The van der Waals surface area contributed by atoms with E-state index in [2.05, 4.69) is 24.8 Å². The third-order valence-corrected chi connectivity index (χ3v) is 5.70. The number of anilines is 1. The van der Waals surface area contributed by atoms with E-state index in [1.165, 1.54) is 0 Å². The van der Waals surface area contributed by atoms with E-state index in [1.807, 2.05) is 47.4 Å². The number of hydrogen-bond donors (Lipinski definition) is 0. The summed E-state index contributed by atoms with van der Waals surface area (Å²) in [4.78, 5) is 17.5. The topological polar surface area (TPSA) is 42.0 Å². The first-order chi connectivity index (χ1) is 14.5. The number of para-hydroxylation sites is 1. The first-order valence-electron chi connectivity index (χ1n) is 10.8. The van der Waals surface area contributed by atoms with Gasteiger partial charge in [0.1, 0.15) is 11.5 Å². The zero-order valence-corrected chi connectivity index (χ0v) is 18.6. The predicted molar refractivity (Wildman–Crippen MR) is 121 cm³/mol. The van der Waals surface area contributed by atoms with Gasteiger partial charge in [0.25, 0.3) is 0 Å². The van der Waals surface area contributed by atoms with Crippen LogP contribution in [0.5, 0.6) is 11.5 Å². The fourth-order valence-electron chi connectivity index (χ4n) is 4.15. The van der Waals surface area contributed by atoms with Gasteiger partial charge in [-0.3, -0.25) is 9.69 Å². The number of carbonyl (C=O) groups is 1. The molecule has 1 aliphatic heterocycles. The molecule has 5 nitrogen and oxygen atoms in total. The first kappa shape index (κ1) is 22.2. The molecule has 2 aromatic rings. The number of benzene rings is 2. The minimum atomic E-state index is 0.228. The SMILES string of the molecule is COc1ccc(CN2CCC(N(C(=O)CC(C)C)c3ccccc3)CC2)c(OC)c1. The van der Waals surface area contributed by atoms with Crippen molar-refractivity contribution in [1.82, 2.24) is 4.90 Å². The Labute approximate surface area is 180 Å². The number of amides is 1. The Hall–Kier alpha value is -2.53. The van der Waals surface area contributed by atoms with Crippen LogP contribution in [0.2, 0.25) is 0 Å². The third kappa shape index (κ3) is 5.54. The van der Waals surface area contributed by atoms with E-state index in [-0.39, 0.29) is 11.9 Å². The predicted octanol–water partition coefficient (Wildman–Crippen LogP) is 4.75. The molecule has 0 spiro atoms. The van der Waals surface area contributed by atoms with E-state index in [9.17, 15) is 4.79 Å². The smallest absolute Gasteiger partial charge is 0.227 e. The number of nitrogens with zero attached hydrogens (tertiary/aromatic N) is 2. The molecule has 0 unspecified atom stereocenters. The van der Waals surface area contributed by atoms with E-state index < -0.39 is 0 Å². The third-order valence-electron chi connectivity index (χ3n) is 5.70. The Morgan fingerprint density at radius 1 is 1.07 bits per heavy atom. The molecule has 162 valence electrons. The van der Waals surface area contributed by atoms with Gasteiger partial charge in [0.05, 0.1) is 14.2 Å². The summed E-state index contributed by atoms with van der Waals surface area (Å²) in [5.74, 6) is 2.24. The van der Waals surface area contributed by atoms with Gasteiger partial charge in [0.2, 0.25) is 5.91 Å². The molecule has 5 heteroatoms. The van der Waals surface area contributed by atoms with Crippen LogP contribution in [-0.2, 0) is 11.3 Å². The average Bonchev–Trinajstić information content (AvgIpc) is 2.75. The Bertz CT molecular complexity index is 814. The summed E-state index contributed by atoms with van der Waals surface area (Å²) in [6.07, 6.45) is 2.52. The molecule has 1 amide bonds. The molecule has 0 saturated carbocycles. The molecule has 0 atom stereocenters. The number of ether oxygens (including phenoxy) is 2. The maximum absolute atomic E-state index is 13.1. The van der Waals surface area contributed by atoms with Gasteiger partial charge in [-0.15, -0.1) is 0 Å². The van der Waals surface area contributed by atoms with Gasteiger partial charge in [0, 0.05) is 49.4 Å². The van der Waals surface area contributed by atoms with Gasteiger partial charge in [0.15, 0.2) is 0 Å². The van der Waals surface area contributed by atoms with E-state index in [4.69, 9.17) is 9.47 Å². The van der Waals surface area contributed by atoms with Crippen LogP contribution in [0.4, 0.5) is 5.69 Å². The van der Waals surface area contributed by atoms with E-state index >= 15 is 0 Å². The summed E-state index contributed by atoms with van der Waals surface area (Å²) in [5.41, 5.74) is 2.17. The Morgan fingerprint density at radius 3 is 2.37 bits per heavy atom. The van der Waals surface area contributed by atoms with E-state index in [0.717, 1.165) is 55.2 Å². The molecule has 1 heterocycles. The van der Waals surface area contributed by atoms with Crippen molar-refractivity contribution in [1.29, 1.82) is 0 Å². The summed E-state index contributed by atoms with van der Waals surface area (Å²) in [6.45, 7) is 6.96. The van der Waals surface area contributed by atoms with Crippen molar-refractivity contribution < 1.29 is 14.3 Å². The second kappa shape index (κ2) is 10.5. The highest BCUT2D eigenvalue weighted by atomic mass is 16.5. The van der Waals surface area contributed by atoms with Crippen LogP contribution < -0.4 is 14.4 Å². The normalized spacial score (nSPS) is 15.2. The highest BCUT2D eigenvalue weighted by Gasteiger charge is 2.29. The summed E-state index contributed by atoms with van der Waals surface area (Å²) < 4.78 is 10.9. The minimum Gasteiger partial charge on any atom is -0.497 e. The molecule has 0 aromatic heterocycles. The number of rotatable bonds is 8. The number of likely N-dealkylation sites (tertiary alicyclic amines) is 1. The molecule has 3 rings (SSSR count). The summed E-state index contributed by atoms with van der Waals surface area (Å²) in [5, 5.41) is 0. The van der Waals surface area contributed by atoms with Crippen molar-refractivity contribution in [2.24, 2.45) is 5.92 Å². The Kier molecular flexibility index (Phi) is 7.75. The second-order valence-corrected chi connectivity index (χ2v) is 8.38. The second-order valence-electron chi connectivity index (χ2n) is 8.38. The Balaban J connectivity index is 1.67. The van der Waals surface area contributed by atoms with Gasteiger partial charge in [-0.2, -0.15) is 0 Å². The lowest BCUT2D eigenvalue weighted by atomic mass is 9.99. The summed E-state index contributed by atoms with van der Waals surface area (Å²) in [6, 6.07) is 16.3. The molecule has 1 aliphatic rings. The van der Waals surface area contributed by atoms with E-state index in [0.29, 0.717) is 12.3 Å². The monoisotopic (exact) mass is 410 g/mol. The maximum Gasteiger partial charge on any atom is 0.227 e. The van der Waals surface area contributed by atoms with Crippen LogP contribution in [0, 0.1) is 5.92 Å². The lowest BCUT2D eigenvalue weighted by Crippen LogP contribution is -2.47. The van der Waals surface area contributed by atoms with Crippen molar-refractivity contribution in [3.8, 4) is 11.5 Å². The average molecular weight is 411 g/mol. The molecule has 0 N–H and O–H groups in total. The van der Waals surface area contributed by atoms with Crippen LogP contribution in [0.15, 0.2) is 48.5 Å². The van der Waals surface area contributed by atoms with Crippen LogP contribution in [0.3, 0.4) is 0 Å². The molecular weight excluding hydrogens is 376 g/mol. The number of piperidine rings is 1. The zero-order chi connectivity index (χ0) is 21.5. The maximum atomic E-state index is 13.1. The lowest BCUT2D eigenvalue weighted by Gasteiger charge is -2.39. The number of methoxy groups -OCH3 is 2. The summed E-state index contributed by atoms with van der Waals surface area (Å²) >= 11 is 0. The van der Waals surface area contributed by atoms with Gasteiger partial charge in [-0.25, -0.2) is 0 Å². The standard InChI is InChI=1S/C25H34N2O3/c1-19(2)16-25(28)27(21-8-6-5-7-9-21)22-12-14-26(15-13-22)18-20-10-11-23(29-3)17-24(20)30-4/h5-11,17,19,22H,12-16,18H2,1-4H3. The van der Waals surface area contributed by atoms with Crippen molar-refractivity contribution in [3.05, 3.63) is 54.1 Å². The fourth-order valence-corrected chi connectivity index (χ4v) is 4.15. The molecule has 2 aromatic carbocycles. The van der Waals surface area contributed by atoms with Gasteiger partial charge in [-0.1, -0.05) is 38.1 Å². The quantitative estimate of drug-likeness (QED) is 0.630. The highest BCUT2D eigenvalue weighted by Crippen LogP contribution is 2.29. The molecule has 30 heavy (non-hydrogen) atoms. The largest absolute Gasteiger partial charge is 0.497 e. The van der Waals surface area contributed by atoms with Gasteiger partial charge >= 0.3 is 0 Å². The number of hydrogen-bond acceptors (Lipinski definition) is 4. The number of carbonyl (C=O) groups excluding carboxylic acids is 1. The van der Waals surface area contributed by atoms with Crippen molar-refractivity contribution in [2.75, 3.05) is 32.2 Å². The van der Waals surface area contributed by atoms with Crippen LogP contribution >= 0.6 is 0 Å². The van der Waals surface area contributed by atoms with Gasteiger partial charge in [-0.05, 0) is 37.0 Å². The van der Waals surface area contributed by atoms with Crippen molar-refractivity contribution >= 4 is 11.6 Å². The molecule has 0 bridgehead atoms. The fraction of sp³-hybridized carbons (Fsp3) is 0.480. The van der Waals surface area contributed by atoms with E-state index in [1.54, 1.807) is 14.2 Å². The first-order valence-corrected chi connectivity index (χ1v) is 10.8. The summed E-state index contributed by atoms with van der Waals surface area (Å²) in [7, 11) is 3.36. The molecule has 1 saturated heterocycles. The Morgan fingerprint density at radius 2 is 1.77 bits per heavy atom. The van der Waals surface area contributed by atoms with Crippen molar-refractivity contribution in [2.45, 2.75) is 45.7 Å². The van der Waals surface area contributed by atoms with Crippen LogP contribution in [0.25, 0.3) is 0 Å². The molecule has 0 aliphatic carbocycles. The molecule has 1 fully saturated rings. The van der Waals surface area contributed by atoms with Crippen LogP contribution in [0.1, 0.15) is 38.7 Å². The molecule has 0 radical (unpaired) electrons. The zero-order valence-electron chi connectivity index (χ0n) is 18.6. The molecular formula is C25H34N2O3. The van der Waals surface area contributed by atoms with Gasteiger partial charge < -0.3 is 14.4 Å². The van der Waals surface area contributed by atoms with Crippen LogP contribution in [-0.4, -0.2) is 44.2 Å². The van der Waals surface area contributed by atoms with Crippen molar-refractivity contribution in [3.63, 3.8) is 0 Å². The highest BCUT2D eigenvalue weighted by molar-refractivity contribution is 5.94.